The van der Waals surface area contributed by atoms with Crippen LogP contribution in [0.4, 0.5) is 10.2 Å². The zero-order valence-electron chi connectivity index (χ0n) is 9.31. The Morgan fingerprint density at radius 2 is 1.86 bits per heavy atom. The second kappa shape index (κ2) is 9.70. The van der Waals surface area contributed by atoms with E-state index in [9.17, 15) is 9.18 Å². The van der Waals surface area contributed by atoms with E-state index in [0.717, 1.165) is 6.20 Å². The molecule has 0 atom stereocenters. The molecule has 0 fully saturated rings. The Hall–Kier alpha value is -1.39. The maximum Gasteiger partial charge on any atom is 0.346 e. The number of nitrogens with one attached hydrogen (secondary N) is 2. The van der Waals surface area contributed by atoms with Crippen LogP contribution in [-0.4, -0.2) is 17.0 Å². The highest BCUT2D eigenvalue weighted by atomic mass is 19.1. The van der Waals surface area contributed by atoms with Crippen LogP contribution in [0.15, 0.2) is 11.0 Å². The number of hydrogen-bond acceptors (Lipinski definition) is 3. The predicted octanol–water partition coefficient (Wildman–Crippen LogP) is 2.00. The van der Waals surface area contributed by atoms with Gasteiger partial charge in [0.15, 0.2) is 5.82 Å². The van der Waals surface area contributed by atoms with E-state index in [-0.39, 0.29) is 5.82 Å². The molecule has 0 amide bonds. The standard InChI is InChI=1S/C5H6FN3O.2C2H6/c1-7-4-3(6)2-8-5(10)9-4;2*1-2/h2H,1H3,(H2,7,8,9,10);2*1-2H3. The van der Waals surface area contributed by atoms with Crippen LogP contribution in [0, 0.1) is 5.82 Å². The molecule has 1 aromatic rings. The quantitative estimate of drug-likeness (QED) is 0.734. The van der Waals surface area contributed by atoms with Gasteiger partial charge in [0.05, 0.1) is 6.20 Å². The molecule has 1 rings (SSSR count). The summed E-state index contributed by atoms with van der Waals surface area (Å²) in [6, 6.07) is 0. The number of anilines is 1. The van der Waals surface area contributed by atoms with Gasteiger partial charge in [-0.3, -0.25) is 4.98 Å². The van der Waals surface area contributed by atoms with Gasteiger partial charge in [-0.15, -0.1) is 0 Å². The third kappa shape index (κ3) is 5.29. The second-order valence-corrected chi connectivity index (χ2v) is 1.66. The number of rotatable bonds is 1. The highest BCUT2D eigenvalue weighted by Crippen LogP contribution is 2.02. The summed E-state index contributed by atoms with van der Waals surface area (Å²) in [6.45, 7) is 8.00. The van der Waals surface area contributed by atoms with Crippen molar-refractivity contribution in [2.75, 3.05) is 12.4 Å². The fourth-order valence-corrected chi connectivity index (χ4v) is 0.561. The first-order valence-electron chi connectivity index (χ1n) is 4.66. The fourth-order valence-electron chi connectivity index (χ4n) is 0.561. The molecule has 0 radical (unpaired) electrons. The maximum absolute atomic E-state index is 12.5. The van der Waals surface area contributed by atoms with Crippen LogP contribution >= 0.6 is 0 Å². The lowest BCUT2D eigenvalue weighted by molar-refractivity contribution is 0.615. The summed E-state index contributed by atoms with van der Waals surface area (Å²) in [5.41, 5.74) is -0.564. The highest BCUT2D eigenvalue weighted by Gasteiger charge is 1.98. The third-order valence-electron chi connectivity index (χ3n) is 1.02. The largest absolute Gasteiger partial charge is 0.372 e. The molecule has 14 heavy (non-hydrogen) atoms. The summed E-state index contributed by atoms with van der Waals surface area (Å²) < 4.78 is 12.5. The molecule has 0 aliphatic rings. The van der Waals surface area contributed by atoms with E-state index in [1.807, 2.05) is 27.7 Å². The number of halogens is 1. The molecule has 0 saturated heterocycles. The van der Waals surface area contributed by atoms with E-state index < -0.39 is 11.5 Å². The van der Waals surface area contributed by atoms with Crippen molar-refractivity contribution in [3.8, 4) is 0 Å². The van der Waals surface area contributed by atoms with Gasteiger partial charge in [-0.1, -0.05) is 27.7 Å². The van der Waals surface area contributed by atoms with Crippen LogP contribution < -0.4 is 11.0 Å². The van der Waals surface area contributed by atoms with Crippen LogP contribution in [0.1, 0.15) is 27.7 Å². The normalized spacial score (nSPS) is 7.57. The first-order valence-corrected chi connectivity index (χ1v) is 4.66. The number of hydrogen-bond donors (Lipinski definition) is 2. The molecule has 1 aromatic heterocycles. The fraction of sp³-hybridized carbons (Fsp3) is 0.556. The SMILES string of the molecule is CC.CC.CNc1[nH]c(=O)ncc1F. The molecule has 5 heteroatoms. The van der Waals surface area contributed by atoms with Crippen LogP contribution in [0.2, 0.25) is 0 Å². The Morgan fingerprint density at radius 3 is 2.21 bits per heavy atom. The van der Waals surface area contributed by atoms with Gasteiger partial charge in [-0.2, -0.15) is 4.98 Å². The van der Waals surface area contributed by atoms with E-state index in [4.69, 9.17) is 0 Å². The van der Waals surface area contributed by atoms with E-state index in [2.05, 4.69) is 15.3 Å². The van der Waals surface area contributed by atoms with Crippen molar-refractivity contribution in [1.29, 1.82) is 0 Å². The average Bonchev–Trinajstić information content (AvgIpc) is 2.27. The minimum atomic E-state index is -0.567. The van der Waals surface area contributed by atoms with Crippen LogP contribution in [0.3, 0.4) is 0 Å². The van der Waals surface area contributed by atoms with Gasteiger partial charge >= 0.3 is 5.69 Å². The van der Waals surface area contributed by atoms with Crippen molar-refractivity contribution >= 4 is 5.82 Å². The van der Waals surface area contributed by atoms with Gasteiger partial charge in [-0.05, 0) is 0 Å². The monoisotopic (exact) mass is 203 g/mol. The molecule has 4 nitrogen and oxygen atoms in total. The summed E-state index contributed by atoms with van der Waals surface area (Å²) >= 11 is 0. The zero-order chi connectivity index (χ0) is 11.6. The van der Waals surface area contributed by atoms with Crippen LogP contribution in [-0.2, 0) is 0 Å². The lowest BCUT2D eigenvalue weighted by Crippen LogP contribution is -2.13. The van der Waals surface area contributed by atoms with E-state index in [1.54, 1.807) is 0 Å². The summed E-state index contributed by atoms with van der Waals surface area (Å²) in [5, 5.41) is 2.47. The molecule has 0 bridgehead atoms. The van der Waals surface area contributed by atoms with Crippen LogP contribution in [0.25, 0.3) is 0 Å². The number of aromatic amines is 1. The zero-order valence-corrected chi connectivity index (χ0v) is 9.31. The third-order valence-corrected chi connectivity index (χ3v) is 1.02. The Labute approximate surface area is 83.6 Å². The minimum absolute atomic E-state index is 0.0556. The van der Waals surface area contributed by atoms with Crippen molar-refractivity contribution in [1.82, 2.24) is 9.97 Å². The topological polar surface area (TPSA) is 57.8 Å². The molecule has 0 spiro atoms. The van der Waals surface area contributed by atoms with E-state index in [1.165, 1.54) is 7.05 Å². The lowest BCUT2D eigenvalue weighted by atomic mass is 10.5. The maximum atomic E-state index is 12.5. The molecule has 82 valence electrons. The summed E-state index contributed by atoms with van der Waals surface area (Å²) in [5.74, 6) is -0.512. The van der Waals surface area contributed by atoms with Crippen LogP contribution in [0.5, 0.6) is 0 Å². The van der Waals surface area contributed by atoms with E-state index in [0.29, 0.717) is 0 Å². The summed E-state index contributed by atoms with van der Waals surface area (Å²) in [6.07, 6.45) is 0.866. The van der Waals surface area contributed by atoms with Gasteiger partial charge in [0, 0.05) is 7.05 Å². The lowest BCUT2D eigenvalue weighted by Gasteiger charge is -1.97. The van der Waals surface area contributed by atoms with Crippen molar-refractivity contribution < 1.29 is 4.39 Å². The van der Waals surface area contributed by atoms with Gasteiger partial charge in [0.1, 0.15) is 5.82 Å². The first-order chi connectivity index (χ1) is 6.74. The van der Waals surface area contributed by atoms with Gasteiger partial charge in [-0.25, -0.2) is 9.18 Å². The molecule has 0 aliphatic carbocycles. The summed E-state index contributed by atoms with van der Waals surface area (Å²) in [4.78, 5) is 15.8. The molecular formula is C9H18FN3O. The molecule has 0 unspecified atom stereocenters. The van der Waals surface area contributed by atoms with Crippen molar-refractivity contribution in [3.05, 3.63) is 22.5 Å². The summed E-state index contributed by atoms with van der Waals surface area (Å²) in [7, 11) is 1.51. The first kappa shape index (κ1) is 15.1. The van der Waals surface area contributed by atoms with Gasteiger partial charge < -0.3 is 5.32 Å². The van der Waals surface area contributed by atoms with Crippen molar-refractivity contribution in [3.63, 3.8) is 0 Å². The van der Waals surface area contributed by atoms with Gasteiger partial charge in [0.25, 0.3) is 0 Å². The van der Waals surface area contributed by atoms with Crippen molar-refractivity contribution in [2.45, 2.75) is 27.7 Å². The Balaban J connectivity index is 0. The molecular weight excluding hydrogens is 185 g/mol. The molecule has 2 N–H and O–H groups in total. The van der Waals surface area contributed by atoms with E-state index >= 15 is 0 Å². The smallest absolute Gasteiger partial charge is 0.346 e. The Bertz CT molecular complexity index is 286. The molecule has 0 aliphatic heterocycles. The highest BCUT2D eigenvalue weighted by molar-refractivity contribution is 5.32. The van der Waals surface area contributed by atoms with Gasteiger partial charge in [0.2, 0.25) is 0 Å². The minimum Gasteiger partial charge on any atom is -0.372 e. The number of aromatic nitrogens is 2. The molecule has 0 aromatic carbocycles. The number of nitrogens with zero attached hydrogens (tertiary/aromatic N) is 1. The number of H-pyrrole nitrogens is 1. The van der Waals surface area contributed by atoms with Crippen molar-refractivity contribution in [2.24, 2.45) is 0 Å². The Kier molecular flexibility index (Phi) is 10.5. The Morgan fingerprint density at radius 1 is 1.36 bits per heavy atom. The average molecular weight is 203 g/mol. The second-order valence-electron chi connectivity index (χ2n) is 1.66. The predicted molar refractivity (Wildman–Crippen MR) is 57.1 cm³/mol. The molecule has 0 saturated carbocycles. The molecule has 1 heterocycles.